The lowest BCUT2D eigenvalue weighted by molar-refractivity contribution is -0.116. The topological polar surface area (TPSA) is 55.8 Å². The SMILES string of the molecule is CCC1[C@H](C(=O)Cl)C(c2ccc3c(c2)OCO3)CN1CC=O. The second-order valence-corrected chi connectivity index (χ2v) is 6.02. The standard InChI is InChI=1S/C16H18ClNO4/c1-2-12-15(16(17)20)11(8-18(12)5-6-19)10-3-4-13-14(7-10)22-9-21-13/h3-4,6-7,11-12,15H,2,5,8-9H2,1H3/t11?,12?,15-/m1/s1. The van der Waals surface area contributed by atoms with Crippen LogP contribution in [0, 0.1) is 5.92 Å². The molecule has 1 saturated heterocycles. The summed E-state index contributed by atoms with van der Waals surface area (Å²) in [6.07, 6.45) is 1.65. The first-order valence-corrected chi connectivity index (χ1v) is 7.80. The first kappa shape index (κ1) is 15.3. The molecule has 0 saturated carbocycles. The van der Waals surface area contributed by atoms with Crippen molar-refractivity contribution >= 4 is 23.1 Å². The summed E-state index contributed by atoms with van der Waals surface area (Å²) in [6, 6.07) is 5.71. The van der Waals surface area contributed by atoms with Crippen molar-refractivity contribution in [3.63, 3.8) is 0 Å². The fourth-order valence-corrected chi connectivity index (χ4v) is 3.88. The Bertz CT molecular complexity index is 592. The second kappa shape index (κ2) is 6.26. The van der Waals surface area contributed by atoms with E-state index in [4.69, 9.17) is 21.1 Å². The summed E-state index contributed by atoms with van der Waals surface area (Å²) in [7, 11) is 0. The third kappa shape index (κ3) is 2.59. The van der Waals surface area contributed by atoms with Crippen LogP contribution < -0.4 is 9.47 Å². The molecule has 1 aromatic carbocycles. The van der Waals surface area contributed by atoms with Crippen molar-refractivity contribution in [1.82, 2.24) is 4.90 Å². The Labute approximate surface area is 134 Å². The van der Waals surface area contributed by atoms with Crippen LogP contribution in [0.25, 0.3) is 0 Å². The minimum Gasteiger partial charge on any atom is -0.454 e. The van der Waals surface area contributed by atoms with Crippen LogP contribution in [0.2, 0.25) is 0 Å². The van der Waals surface area contributed by atoms with E-state index in [9.17, 15) is 9.59 Å². The normalized spacial score (nSPS) is 27.1. The molecule has 0 amide bonds. The van der Waals surface area contributed by atoms with Gasteiger partial charge in [-0.2, -0.15) is 0 Å². The molecular weight excluding hydrogens is 306 g/mol. The van der Waals surface area contributed by atoms with Crippen LogP contribution in [0.1, 0.15) is 24.8 Å². The molecule has 2 aliphatic heterocycles. The molecule has 0 N–H and O–H groups in total. The van der Waals surface area contributed by atoms with Gasteiger partial charge in [0.05, 0.1) is 12.5 Å². The van der Waals surface area contributed by atoms with E-state index in [1.165, 1.54) is 0 Å². The predicted octanol–water partition coefficient (Wildman–Crippen LogP) is 2.17. The van der Waals surface area contributed by atoms with Gasteiger partial charge in [0.15, 0.2) is 11.5 Å². The van der Waals surface area contributed by atoms with E-state index in [1.807, 2.05) is 30.0 Å². The fourth-order valence-electron chi connectivity index (χ4n) is 3.58. The number of hydrogen-bond acceptors (Lipinski definition) is 5. The highest BCUT2D eigenvalue weighted by atomic mass is 35.5. The summed E-state index contributed by atoms with van der Waals surface area (Å²) < 4.78 is 10.7. The summed E-state index contributed by atoms with van der Waals surface area (Å²) >= 11 is 5.88. The number of nitrogens with zero attached hydrogens (tertiary/aromatic N) is 1. The van der Waals surface area contributed by atoms with Crippen LogP contribution in [-0.4, -0.2) is 42.4 Å². The fraction of sp³-hybridized carbons (Fsp3) is 0.500. The zero-order valence-electron chi connectivity index (χ0n) is 12.3. The van der Waals surface area contributed by atoms with E-state index >= 15 is 0 Å². The number of benzene rings is 1. The lowest BCUT2D eigenvalue weighted by Crippen LogP contribution is -2.35. The molecule has 22 heavy (non-hydrogen) atoms. The number of halogens is 1. The Morgan fingerprint density at radius 1 is 1.41 bits per heavy atom. The molecule has 2 unspecified atom stereocenters. The highest BCUT2D eigenvalue weighted by molar-refractivity contribution is 6.64. The number of ether oxygens (including phenoxy) is 2. The Hall–Kier alpha value is -1.59. The van der Waals surface area contributed by atoms with Gasteiger partial charge in [-0.25, -0.2) is 0 Å². The third-order valence-corrected chi connectivity index (χ3v) is 4.81. The molecular formula is C16H18ClNO4. The maximum Gasteiger partial charge on any atom is 0.231 e. The van der Waals surface area contributed by atoms with E-state index in [0.717, 1.165) is 18.3 Å². The number of aldehydes is 1. The number of likely N-dealkylation sites (tertiary alicyclic amines) is 1. The van der Waals surface area contributed by atoms with Crippen molar-refractivity contribution < 1.29 is 19.1 Å². The van der Waals surface area contributed by atoms with E-state index in [0.29, 0.717) is 24.6 Å². The maximum absolute atomic E-state index is 12.0. The minimum atomic E-state index is -0.345. The van der Waals surface area contributed by atoms with Crippen LogP contribution >= 0.6 is 11.6 Å². The summed E-state index contributed by atoms with van der Waals surface area (Å²) in [4.78, 5) is 24.9. The molecule has 0 aliphatic carbocycles. The van der Waals surface area contributed by atoms with Gasteiger partial charge < -0.3 is 14.3 Å². The van der Waals surface area contributed by atoms with Gasteiger partial charge >= 0.3 is 0 Å². The van der Waals surface area contributed by atoms with Gasteiger partial charge in [0.2, 0.25) is 12.0 Å². The largest absolute Gasteiger partial charge is 0.454 e. The second-order valence-electron chi connectivity index (χ2n) is 5.65. The number of hydrogen-bond donors (Lipinski definition) is 0. The number of carbonyl (C=O) groups excluding carboxylic acids is 2. The predicted molar refractivity (Wildman–Crippen MR) is 81.4 cm³/mol. The van der Waals surface area contributed by atoms with E-state index in [-0.39, 0.29) is 29.9 Å². The number of fused-ring (bicyclic) bond motifs is 1. The van der Waals surface area contributed by atoms with Gasteiger partial charge in [-0.05, 0) is 35.7 Å². The minimum absolute atomic E-state index is 0.00868. The van der Waals surface area contributed by atoms with Crippen molar-refractivity contribution in [2.24, 2.45) is 5.92 Å². The summed E-state index contributed by atoms with van der Waals surface area (Å²) in [6.45, 7) is 3.19. The molecule has 6 heteroatoms. The van der Waals surface area contributed by atoms with Crippen LogP contribution in [-0.2, 0) is 9.59 Å². The molecule has 5 nitrogen and oxygen atoms in total. The number of rotatable bonds is 5. The van der Waals surface area contributed by atoms with Crippen molar-refractivity contribution in [1.29, 1.82) is 0 Å². The molecule has 118 valence electrons. The van der Waals surface area contributed by atoms with Gasteiger partial charge in [0.1, 0.15) is 6.29 Å². The zero-order valence-corrected chi connectivity index (χ0v) is 13.1. The lowest BCUT2D eigenvalue weighted by Gasteiger charge is -2.23. The van der Waals surface area contributed by atoms with Crippen LogP contribution in [0.5, 0.6) is 11.5 Å². The van der Waals surface area contributed by atoms with E-state index in [1.54, 1.807) is 0 Å². The molecule has 0 aromatic heterocycles. The third-order valence-electron chi connectivity index (χ3n) is 4.56. The smallest absolute Gasteiger partial charge is 0.231 e. The monoisotopic (exact) mass is 323 g/mol. The van der Waals surface area contributed by atoms with Gasteiger partial charge in [0.25, 0.3) is 0 Å². The lowest BCUT2D eigenvalue weighted by atomic mass is 9.85. The molecule has 3 atom stereocenters. The molecule has 2 heterocycles. The highest BCUT2D eigenvalue weighted by Gasteiger charge is 2.44. The van der Waals surface area contributed by atoms with Gasteiger partial charge in [0, 0.05) is 18.5 Å². The molecule has 0 spiro atoms. The Morgan fingerprint density at radius 3 is 2.86 bits per heavy atom. The Balaban J connectivity index is 1.93. The van der Waals surface area contributed by atoms with Crippen LogP contribution in [0.4, 0.5) is 0 Å². The molecule has 1 aromatic rings. The molecule has 2 aliphatic rings. The molecule has 0 radical (unpaired) electrons. The van der Waals surface area contributed by atoms with Crippen molar-refractivity contribution in [3.05, 3.63) is 23.8 Å². The van der Waals surface area contributed by atoms with Crippen LogP contribution in [0.3, 0.4) is 0 Å². The van der Waals surface area contributed by atoms with Gasteiger partial charge in [-0.3, -0.25) is 9.69 Å². The summed E-state index contributed by atoms with van der Waals surface area (Å²) in [5.41, 5.74) is 0.995. The Morgan fingerprint density at radius 2 is 2.18 bits per heavy atom. The number of carbonyl (C=O) groups is 2. The molecule has 3 rings (SSSR count). The van der Waals surface area contributed by atoms with Crippen molar-refractivity contribution in [2.75, 3.05) is 19.9 Å². The quantitative estimate of drug-likeness (QED) is 0.614. The van der Waals surface area contributed by atoms with Gasteiger partial charge in [-0.15, -0.1) is 0 Å². The molecule has 0 bridgehead atoms. The van der Waals surface area contributed by atoms with Crippen molar-refractivity contribution in [2.45, 2.75) is 25.3 Å². The molecule has 1 fully saturated rings. The van der Waals surface area contributed by atoms with E-state index < -0.39 is 0 Å². The van der Waals surface area contributed by atoms with Gasteiger partial charge in [-0.1, -0.05) is 13.0 Å². The van der Waals surface area contributed by atoms with Crippen LogP contribution in [0.15, 0.2) is 18.2 Å². The Kier molecular flexibility index (Phi) is 4.36. The summed E-state index contributed by atoms with van der Waals surface area (Å²) in [5, 5.41) is -0.345. The highest BCUT2D eigenvalue weighted by Crippen LogP contribution is 2.43. The average Bonchev–Trinajstić information content (AvgIpc) is 3.10. The zero-order chi connectivity index (χ0) is 15.7. The average molecular weight is 324 g/mol. The van der Waals surface area contributed by atoms with E-state index in [2.05, 4.69) is 0 Å². The first-order chi connectivity index (χ1) is 10.7. The van der Waals surface area contributed by atoms with Crippen molar-refractivity contribution in [3.8, 4) is 11.5 Å². The summed E-state index contributed by atoms with van der Waals surface area (Å²) in [5.74, 6) is 1.06. The first-order valence-electron chi connectivity index (χ1n) is 7.42. The maximum atomic E-state index is 12.0.